The summed E-state index contributed by atoms with van der Waals surface area (Å²) < 4.78 is 5.21. The number of hydrogen-bond donors (Lipinski definition) is 2. The van der Waals surface area contributed by atoms with E-state index in [-0.39, 0.29) is 5.91 Å². The number of carbonyl (C=O) groups is 2. The fourth-order valence-corrected chi connectivity index (χ4v) is 2.18. The monoisotopic (exact) mass is 276 g/mol. The zero-order valence-corrected chi connectivity index (χ0v) is 12.0. The molecule has 0 spiro atoms. The van der Waals surface area contributed by atoms with Crippen molar-refractivity contribution in [2.24, 2.45) is 0 Å². The fourth-order valence-electron chi connectivity index (χ4n) is 2.18. The number of amides is 2. The summed E-state index contributed by atoms with van der Waals surface area (Å²) in [6.45, 7) is 5.93. The minimum atomic E-state index is -0.705. The van der Waals surface area contributed by atoms with Crippen molar-refractivity contribution in [3.8, 4) is 0 Å². The predicted molar refractivity (Wildman–Crippen MR) is 75.3 cm³/mol. The Morgan fingerprint density at radius 3 is 2.75 bits per heavy atom. The Hall–Kier alpha value is -2.04. The third-order valence-corrected chi connectivity index (χ3v) is 2.98. The minimum Gasteiger partial charge on any atom is -0.444 e. The maximum absolute atomic E-state index is 12.1. The van der Waals surface area contributed by atoms with E-state index in [1.54, 1.807) is 20.8 Å². The van der Waals surface area contributed by atoms with Gasteiger partial charge in [0.1, 0.15) is 11.6 Å². The van der Waals surface area contributed by atoms with Crippen LogP contribution in [0.5, 0.6) is 0 Å². The van der Waals surface area contributed by atoms with Gasteiger partial charge in [-0.05, 0) is 38.3 Å². The third kappa shape index (κ3) is 3.50. The Kier molecular flexibility index (Phi) is 3.97. The summed E-state index contributed by atoms with van der Waals surface area (Å²) in [4.78, 5) is 24.0. The summed E-state index contributed by atoms with van der Waals surface area (Å²) in [5.41, 5.74) is 1.30. The Balaban J connectivity index is 2.21. The molecule has 1 heterocycles. The van der Waals surface area contributed by atoms with Crippen LogP contribution in [0.25, 0.3) is 0 Å². The number of nitrogens with one attached hydrogen (secondary N) is 2. The van der Waals surface area contributed by atoms with Crippen molar-refractivity contribution in [1.29, 1.82) is 0 Å². The van der Waals surface area contributed by atoms with Gasteiger partial charge in [-0.25, -0.2) is 4.79 Å². The van der Waals surface area contributed by atoms with E-state index in [1.165, 1.54) is 0 Å². The second-order valence-corrected chi connectivity index (χ2v) is 5.82. The molecule has 1 atom stereocenters. The normalized spacial score (nSPS) is 18.6. The standard InChI is InChI=1S/C15H20N2O3/c1-15(2,3)20-14(19)17-12-11-7-5-4-6-10(11)8-9-16-13(12)18/h4-7,12H,8-9H2,1-3H3,(H,16,18)(H,17,19)/t12-/m1/s1. The molecule has 0 bridgehead atoms. The average molecular weight is 276 g/mol. The first-order valence-electron chi connectivity index (χ1n) is 6.72. The molecule has 2 N–H and O–H groups in total. The summed E-state index contributed by atoms with van der Waals surface area (Å²) in [5, 5.41) is 5.45. The number of alkyl carbamates (subject to hydrolysis) is 1. The molecule has 108 valence electrons. The summed E-state index contributed by atoms with van der Waals surface area (Å²) >= 11 is 0. The van der Waals surface area contributed by atoms with Crippen molar-refractivity contribution in [3.05, 3.63) is 35.4 Å². The highest BCUT2D eigenvalue weighted by atomic mass is 16.6. The second-order valence-electron chi connectivity index (χ2n) is 5.82. The number of benzene rings is 1. The van der Waals surface area contributed by atoms with E-state index in [9.17, 15) is 9.59 Å². The van der Waals surface area contributed by atoms with Crippen LogP contribution in [0.15, 0.2) is 24.3 Å². The molecule has 0 radical (unpaired) electrons. The van der Waals surface area contributed by atoms with E-state index in [1.807, 2.05) is 24.3 Å². The molecule has 5 nitrogen and oxygen atoms in total. The number of fused-ring (bicyclic) bond motifs is 1. The highest BCUT2D eigenvalue weighted by Gasteiger charge is 2.28. The Morgan fingerprint density at radius 1 is 1.35 bits per heavy atom. The van der Waals surface area contributed by atoms with Crippen LogP contribution in [0.3, 0.4) is 0 Å². The van der Waals surface area contributed by atoms with Crippen LogP contribution in [0, 0.1) is 0 Å². The lowest BCUT2D eigenvalue weighted by Crippen LogP contribution is -2.41. The van der Waals surface area contributed by atoms with Gasteiger partial charge in [0.15, 0.2) is 0 Å². The van der Waals surface area contributed by atoms with Crippen LogP contribution in [0.1, 0.15) is 37.9 Å². The lowest BCUT2D eigenvalue weighted by atomic mass is 9.99. The van der Waals surface area contributed by atoms with Crippen molar-refractivity contribution in [2.45, 2.75) is 38.8 Å². The van der Waals surface area contributed by atoms with Crippen molar-refractivity contribution in [1.82, 2.24) is 10.6 Å². The first kappa shape index (κ1) is 14.4. The quantitative estimate of drug-likeness (QED) is 0.823. The Morgan fingerprint density at radius 2 is 2.05 bits per heavy atom. The van der Waals surface area contributed by atoms with Crippen molar-refractivity contribution in [2.75, 3.05) is 6.54 Å². The Bertz CT molecular complexity index is 520. The maximum Gasteiger partial charge on any atom is 0.408 e. The molecule has 1 aliphatic heterocycles. The van der Waals surface area contributed by atoms with Gasteiger partial charge in [-0.3, -0.25) is 4.79 Å². The molecular formula is C15H20N2O3. The van der Waals surface area contributed by atoms with Gasteiger partial charge in [0, 0.05) is 6.54 Å². The maximum atomic E-state index is 12.1. The van der Waals surface area contributed by atoms with E-state index in [0.29, 0.717) is 6.54 Å². The summed E-state index contributed by atoms with van der Waals surface area (Å²) in [6.07, 6.45) is 0.170. The molecular weight excluding hydrogens is 256 g/mol. The molecule has 1 aromatic carbocycles. The minimum absolute atomic E-state index is 0.208. The molecule has 5 heteroatoms. The van der Waals surface area contributed by atoms with E-state index < -0.39 is 17.7 Å². The third-order valence-electron chi connectivity index (χ3n) is 2.98. The molecule has 1 aliphatic rings. The average Bonchev–Trinajstić information content (AvgIpc) is 2.48. The van der Waals surface area contributed by atoms with Gasteiger partial charge in [0.2, 0.25) is 5.91 Å². The zero-order valence-electron chi connectivity index (χ0n) is 12.0. The molecule has 0 aromatic heterocycles. The fraction of sp³-hybridized carbons (Fsp3) is 0.467. The topological polar surface area (TPSA) is 67.4 Å². The van der Waals surface area contributed by atoms with Crippen LogP contribution in [-0.2, 0) is 16.0 Å². The number of ether oxygens (including phenoxy) is 1. The largest absolute Gasteiger partial charge is 0.444 e. The smallest absolute Gasteiger partial charge is 0.408 e. The van der Waals surface area contributed by atoms with Gasteiger partial charge in [-0.15, -0.1) is 0 Å². The molecule has 2 rings (SSSR count). The molecule has 20 heavy (non-hydrogen) atoms. The van der Waals surface area contributed by atoms with Crippen molar-refractivity contribution >= 4 is 12.0 Å². The summed E-state index contributed by atoms with van der Waals surface area (Å²) in [5.74, 6) is -0.208. The van der Waals surface area contributed by atoms with Crippen LogP contribution in [-0.4, -0.2) is 24.1 Å². The molecule has 1 aromatic rings. The molecule has 0 fully saturated rings. The first-order valence-corrected chi connectivity index (χ1v) is 6.72. The molecule has 0 saturated heterocycles. The second kappa shape index (κ2) is 5.53. The van der Waals surface area contributed by atoms with Gasteiger partial charge in [0.05, 0.1) is 0 Å². The zero-order chi connectivity index (χ0) is 14.8. The lowest BCUT2D eigenvalue weighted by Gasteiger charge is -2.23. The number of hydrogen-bond acceptors (Lipinski definition) is 3. The van der Waals surface area contributed by atoms with Gasteiger partial charge >= 0.3 is 6.09 Å². The summed E-state index contributed by atoms with van der Waals surface area (Å²) in [7, 11) is 0. The Labute approximate surface area is 118 Å². The van der Waals surface area contributed by atoms with Gasteiger partial charge in [-0.2, -0.15) is 0 Å². The van der Waals surface area contributed by atoms with Crippen LogP contribution >= 0.6 is 0 Å². The number of carbonyl (C=O) groups excluding carboxylic acids is 2. The number of rotatable bonds is 1. The van der Waals surface area contributed by atoms with Crippen molar-refractivity contribution in [3.63, 3.8) is 0 Å². The van der Waals surface area contributed by atoms with E-state index in [2.05, 4.69) is 10.6 Å². The van der Waals surface area contributed by atoms with Crippen molar-refractivity contribution < 1.29 is 14.3 Å². The highest BCUT2D eigenvalue weighted by molar-refractivity contribution is 5.87. The predicted octanol–water partition coefficient (Wildman–Crippen LogP) is 1.92. The van der Waals surface area contributed by atoms with Gasteiger partial charge < -0.3 is 15.4 Å². The van der Waals surface area contributed by atoms with Crippen LogP contribution in [0.2, 0.25) is 0 Å². The van der Waals surface area contributed by atoms with Gasteiger partial charge in [0.25, 0.3) is 0 Å². The molecule has 0 unspecified atom stereocenters. The summed E-state index contributed by atoms with van der Waals surface area (Å²) in [6, 6.07) is 6.92. The van der Waals surface area contributed by atoms with Crippen LogP contribution in [0.4, 0.5) is 4.79 Å². The highest BCUT2D eigenvalue weighted by Crippen LogP contribution is 2.22. The van der Waals surface area contributed by atoms with Crippen LogP contribution < -0.4 is 10.6 Å². The molecule has 2 amide bonds. The molecule has 0 aliphatic carbocycles. The van der Waals surface area contributed by atoms with E-state index in [0.717, 1.165) is 17.5 Å². The van der Waals surface area contributed by atoms with Gasteiger partial charge in [-0.1, -0.05) is 24.3 Å². The SMILES string of the molecule is CC(C)(C)OC(=O)N[C@H]1C(=O)NCCc2ccccc21. The van der Waals surface area contributed by atoms with E-state index >= 15 is 0 Å². The molecule has 0 saturated carbocycles. The first-order chi connectivity index (χ1) is 9.37. The lowest BCUT2D eigenvalue weighted by molar-refractivity contribution is -0.123. The van der Waals surface area contributed by atoms with E-state index in [4.69, 9.17) is 4.74 Å².